The number of hydrogen-bond acceptors (Lipinski definition) is 1. The maximum Gasteiger partial charge on any atom is 0.123 e. The normalized spacial score (nSPS) is 12.4. The van der Waals surface area contributed by atoms with Gasteiger partial charge < -0.3 is 5.11 Å². The fourth-order valence-corrected chi connectivity index (χ4v) is 2.29. The van der Waals surface area contributed by atoms with Gasteiger partial charge in [0.2, 0.25) is 0 Å². The van der Waals surface area contributed by atoms with Gasteiger partial charge in [0.05, 0.1) is 16.7 Å². The monoisotopic (exact) mass is 298 g/mol. The molecule has 0 aliphatic heterocycles. The predicted molar refractivity (Wildman–Crippen MR) is 76.4 cm³/mol. The number of aliphatic hydroxyl groups is 1. The van der Waals surface area contributed by atoms with Gasteiger partial charge in [-0.3, -0.25) is 0 Å². The molecule has 0 saturated heterocycles. The Morgan fingerprint density at radius 2 is 1.68 bits per heavy atom. The van der Waals surface area contributed by atoms with Crippen LogP contribution in [0.2, 0.25) is 10.0 Å². The van der Waals surface area contributed by atoms with Crippen molar-refractivity contribution >= 4 is 23.2 Å². The molecule has 0 bridgehead atoms. The average Bonchev–Trinajstić information content (AvgIpc) is 2.41. The molecule has 0 aliphatic carbocycles. The smallest absolute Gasteiger partial charge is 0.123 e. The Bertz CT molecular complexity index is 555. The number of rotatable bonds is 4. The zero-order valence-corrected chi connectivity index (χ0v) is 11.6. The number of benzene rings is 2. The highest BCUT2D eigenvalue weighted by molar-refractivity contribution is 6.42. The first-order valence-corrected chi connectivity index (χ1v) is 6.66. The summed E-state index contributed by atoms with van der Waals surface area (Å²) in [5.74, 6) is -0.368. The second-order valence-electron chi connectivity index (χ2n) is 4.38. The lowest BCUT2D eigenvalue weighted by molar-refractivity contribution is 0.264. The average molecular weight is 299 g/mol. The summed E-state index contributed by atoms with van der Waals surface area (Å²) >= 11 is 11.8. The number of halogens is 3. The molecule has 0 heterocycles. The molecule has 4 heteroatoms. The molecule has 2 aromatic rings. The van der Waals surface area contributed by atoms with E-state index in [1.165, 1.54) is 12.1 Å². The van der Waals surface area contributed by atoms with Crippen LogP contribution in [-0.2, 0) is 6.42 Å². The Morgan fingerprint density at radius 1 is 1.00 bits per heavy atom. The standard InChI is InChI=1S/C15H13Cl2FO/c16-14-6-1-10(8-15(14)17)7-12(9-19)11-2-4-13(18)5-3-11/h1-6,8,12,19H,7,9H2. The second-order valence-corrected chi connectivity index (χ2v) is 5.20. The van der Waals surface area contributed by atoms with E-state index in [4.69, 9.17) is 23.2 Å². The van der Waals surface area contributed by atoms with E-state index >= 15 is 0 Å². The molecule has 2 aromatic carbocycles. The molecular formula is C15H13Cl2FO. The molecule has 0 amide bonds. The lowest BCUT2D eigenvalue weighted by Crippen LogP contribution is -2.07. The van der Waals surface area contributed by atoms with Crippen molar-refractivity contribution in [3.8, 4) is 0 Å². The largest absolute Gasteiger partial charge is 0.396 e. The third kappa shape index (κ3) is 3.69. The molecule has 0 spiro atoms. The lowest BCUT2D eigenvalue weighted by Gasteiger charge is -2.15. The number of hydrogen-bond donors (Lipinski definition) is 1. The Balaban J connectivity index is 2.18. The molecule has 100 valence electrons. The van der Waals surface area contributed by atoms with E-state index in [0.717, 1.165) is 11.1 Å². The van der Waals surface area contributed by atoms with Crippen molar-refractivity contribution in [2.75, 3.05) is 6.61 Å². The first kappa shape index (κ1) is 14.3. The Hall–Kier alpha value is -1.09. The van der Waals surface area contributed by atoms with E-state index in [1.807, 2.05) is 6.07 Å². The summed E-state index contributed by atoms with van der Waals surface area (Å²) in [5.41, 5.74) is 1.88. The first-order valence-electron chi connectivity index (χ1n) is 5.90. The Kier molecular flexibility index (Phi) is 4.81. The molecule has 2 rings (SSSR count). The third-order valence-electron chi connectivity index (χ3n) is 3.03. The first-order chi connectivity index (χ1) is 9.10. The van der Waals surface area contributed by atoms with E-state index < -0.39 is 0 Å². The van der Waals surface area contributed by atoms with Gasteiger partial charge in [-0.15, -0.1) is 0 Å². The fraction of sp³-hybridized carbons (Fsp3) is 0.200. The van der Waals surface area contributed by atoms with E-state index in [9.17, 15) is 9.50 Å². The van der Waals surface area contributed by atoms with Crippen LogP contribution in [0.15, 0.2) is 42.5 Å². The van der Waals surface area contributed by atoms with Crippen molar-refractivity contribution in [3.63, 3.8) is 0 Å². The minimum Gasteiger partial charge on any atom is -0.396 e. The fourth-order valence-electron chi connectivity index (χ4n) is 1.97. The van der Waals surface area contributed by atoms with E-state index in [2.05, 4.69) is 0 Å². The molecule has 1 atom stereocenters. The van der Waals surface area contributed by atoms with Crippen molar-refractivity contribution in [1.82, 2.24) is 0 Å². The molecule has 0 saturated carbocycles. The lowest BCUT2D eigenvalue weighted by atomic mass is 9.93. The minimum absolute atomic E-state index is 0.00806. The third-order valence-corrected chi connectivity index (χ3v) is 3.77. The Morgan fingerprint density at radius 3 is 2.26 bits per heavy atom. The van der Waals surface area contributed by atoms with E-state index in [0.29, 0.717) is 16.5 Å². The summed E-state index contributed by atoms with van der Waals surface area (Å²) in [6.45, 7) is -0.00806. The maximum absolute atomic E-state index is 12.9. The van der Waals surface area contributed by atoms with Crippen LogP contribution < -0.4 is 0 Å². The van der Waals surface area contributed by atoms with Crippen molar-refractivity contribution in [2.45, 2.75) is 12.3 Å². The van der Waals surface area contributed by atoms with Crippen LogP contribution in [0.5, 0.6) is 0 Å². The van der Waals surface area contributed by atoms with Gasteiger partial charge in [0.25, 0.3) is 0 Å². The minimum atomic E-state index is -0.282. The highest BCUT2D eigenvalue weighted by atomic mass is 35.5. The zero-order chi connectivity index (χ0) is 13.8. The summed E-state index contributed by atoms with van der Waals surface area (Å²) in [7, 11) is 0. The predicted octanol–water partition coefficient (Wildman–Crippen LogP) is 4.45. The maximum atomic E-state index is 12.9. The number of aliphatic hydroxyl groups excluding tert-OH is 1. The quantitative estimate of drug-likeness (QED) is 0.884. The second kappa shape index (κ2) is 6.38. The van der Waals surface area contributed by atoms with E-state index in [1.54, 1.807) is 24.3 Å². The molecule has 0 fully saturated rings. The summed E-state index contributed by atoms with van der Waals surface area (Å²) in [6.07, 6.45) is 0.624. The SMILES string of the molecule is OCC(Cc1ccc(Cl)c(Cl)c1)c1ccc(F)cc1. The molecule has 1 unspecified atom stereocenters. The van der Waals surface area contributed by atoms with Gasteiger partial charge in [0.1, 0.15) is 5.82 Å². The zero-order valence-electron chi connectivity index (χ0n) is 10.1. The van der Waals surface area contributed by atoms with Crippen molar-refractivity contribution in [2.24, 2.45) is 0 Å². The van der Waals surface area contributed by atoms with Gasteiger partial charge in [-0.1, -0.05) is 41.4 Å². The van der Waals surface area contributed by atoms with Crippen LogP contribution in [-0.4, -0.2) is 11.7 Å². The highest BCUT2D eigenvalue weighted by Gasteiger charge is 2.12. The Labute approximate surface area is 121 Å². The van der Waals surface area contributed by atoms with Crippen molar-refractivity contribution in [3.05, 3.63) is 69.5 Å². The summed E-state index contributed by atoms with van der Waals surface area (Å²) in [4.78, 5) is 0. The molecule has 0 aromatic heterocycles. The topological polar surface area (TPSA) is 20.2 Å². The van der Waals surface area contributed by atoms with Gasteiger partial charge in [0.15, 0.2) is 0 Å². The molecule has 0 aliphatic rings. The van der Waals surface area contributed by atoms with Crippen LogP contribution in [0.25, 0.3) is 0 Å². The van der Waals surface area contributed by atoms with Gasteiger partial charge in [-0.2, -0.15) is 0 Å². The van der Waals surface area contributed by atoms with Gasteiger partial charge in [-0.25, -0.2) is 4.39 Å². The van der Waals surface area contributed by atoms with Crippen LogP contribution in [0.4, 0.5) is 4.39 Å². The van der Waals surface area contributed by atoms with Crippen molar-refractivity contribution in [1.29, 1.82) is 0 Å². The molecule has 0 radical (unpaired) electrons. The molecule has 1 nitrogen and oxygen atoms in total. The highest BCUT2D eigenvalue weighted by Crippen LogP contribution is 2.26. The summed E-state index contributed by atoms with van der Waals surface area (Å²) < 4.78 is 12.9. The van der Waals surface area contributed by atoms with Crippen LogP contribution in [0.3, 0.4) is 0 Å². The summed E-state index contributed by atoms with van der Waals surface area (Å²) in [5, 5.41) is 10.5. The van der Waals surface area contributed by atoms with Crippen LogP contribution in [0.1, 0.15) is 17.0 Å². The van der Waals surface area contributed by atoms with E-state index in [-0.39, 0.29) is 18.3 Å². The van der Waals surface area contributed by atoms with Gasteiger partial charge >= 0.3 is 0 Å². The van der Waals surface area contributed by atoms with Crippen LogP contribution >= 0.6 is 23.2 Å². The molecule has 19 heavy (non-hydrogen) atoms. The molecule has 1 N–H and O–H groups in total. The van der Waals surface area contributed by atoms with Gasteiger partial charge in [0, 0.05) is 5.92 Å². The molecular weight excluding hydrogens is 286 g/mol. The van der Waals surface area contributed by atoms with Crippen LogP contribution in [0, 0.1) is 5.82 Å². The summed E-state index contributed by atoms with van der Waals surface area (Å²) in [6, 6.07) is 11.6. The van der Waals surface area contributed by atoms with Gasteiger partial charge in [-0.05, 0) is 41.8 Å². The van der Waals surface area contributed by atoms with Crippen molar-refractivity contribution < 1.29 is 9.50 Å².